The van der Waals surface area contributed by atoms with Gasteiger partial charge in [-0.2, -0.15) is 10.2 Å². The number of pyridine rings is 1. The standard InChI is InChI=1S/C26H29F2N7O/c1-31-35(23-7-3-6-22(27)24(23)28)26(33-30)21-13-19(14-32-25(21)29)18-10-8-17(9-11-18)15-34-12-4-5-20(34)16-36-2/h3,6-11,13-14,20H,1,4-5,12,15-16,30H2,2H3,(H2,29,32)/b33-26-/t20-/m1/s1. The Labute approximate surface area is 208 Å². The molecule has 10 heteroatoms. The number of likely N-dealkylation sites (tertiary alicyclic amines) is 1. The van der Waals surface area contributed by atoms with Crippen LogP contribution in [0.4, 0.5) is 20.3 Å². The molecular formula is C26H29F2N7O. The molecule has 4 N–H and O–H groups in total. The molecule has 1 atom stereocenters. The van der Waals surface area contributed by atoms with Crippen LogP contribution in [0.2, 0.25) is 0 Å². The monoisotopic (exact) mass is 493 g/mol. The summed E-state index contributed by atoms with van der Waals surface area (Å²) in [5.41, 5.74) is 9.04. The van der Waals surface area contributed by atoms with E-state index < -0.39 is 11.6 Å². The van der Waals surface area contributed by atoms with E-state index in [2.05, 4.69) is 38.9 Å². The number of rotatable bonds is 8. The summed E-state index contributed by atoms with van der Waals surface area (Å²) in [7, 11) is 1.74. The highest BCUT2D eigenvalue weighted by Gasteiger charge is 2.25. The van der Waals surface area contributed by atoms with Gasteiger partial charge in [-0.3, -0.25) is 4.90 Å². The Hall–Kier alpha value is -3.89. The highest BCUT2D eigenvalue weighted by Crippen LogP contribution is 2.28. The molecule has 4 rings (SSSR count). The minimum absolute atomic E-state index is 0.0313. The van der Waals surface area contributed by atoms with Crippen molar-refractivity contribution in [3.8, 4) is 11.1 Å². The number of nitrogens with two attached hydrogens (primary N) is 2. The van der Waals surface area contributed by atoms with Gasteiger partial charge in [-0.1, -0.05) is 30.3 Å². The first-order valence-electron chi connectivity index (χ1n) is 11.5. The second kappa shape index (κ2) is 11.2. The molecule has 1 aromatic heterocycles. The summed E-state index contributed by atoms with van der Waals surface area (Å²) >= 11 is 0. The third-order valence-corrected chi connectivity index (χ3v) is 6.31. The van der Waals surface area contributed by atoms with Crippen LogP contribution in [0.1, 0.15) is 24.0 Å². The van der Waals surface area contributed by atoms with E-state index in [1.165, 1.54) is 24.1 Å². The van der Waals surface area contributed by atoms with Crippen LogP contribution in [0.3, 0.4) is 0 Å². The lowest BCUT2D eigenvalue weighted by atomic mass is 10.0. The van der Waals surface area contributed by atoms with Crippen molar-refractivity contribution in [3.63, 3.8) is 0 Å². The Morgan fingerprint density at radius 1 is 1.22 bits per heavy atom. The molecule has 188 valence electrons. The SMILES string of the molecule is C=NN(/C(=N\N)c1cc(-c2ccc(CN3CCC[C@@H]3COC)cc2)cnc1N)c1cccc(F)c1F. The molecule has 3 aromatic rings. The maximum atomic E-state index is 14.5. The molecule has 1 saturated heterocycles. The zero-order chi connectivity index (χ0) is 25.7. The Morgan fingerprint density at radius 3 is 2.69 bits per heavy atom. The Bertz CT molecular complexity index is 1250. The fraction of sp³-hybridized carbons (Fsp3) is 0.269. The van der Waals surface area contributed by atoms with Crippen LogP contribution in [-0.2, 0) is 11.3 Å². The fourth-order valence-electron chi connectivity index (χ4n) is 4.49. The van der Waals surface area contributed by atoms with Gasteiger partial charge in [-0.25, -0.2) is 18.8 Å². The number of benzene rings is 2. The normalized spacial score (nSPS) is 16.3. The van der Waals surface area contributed by atoms with Gasteiger partial charge < -0.3 is 16.3 Å². The summed E-state index contributed by atoms with van der Waals surface area (Å²) in [4.78, 5) is 6.71. The summed E-state index contributed by atoms with van der Waals surface area (Å²) in [5.74, 6) is 3.55. The summed E-state index contributed by atoms with van der Waals surface area (Å²) < 4.78 is 33.7. The van der Waals surface area contributed by atoms with Crippen LogP contribution in [0.5, 0.6) is 0 Å². The number of halogens is 2. The molecular weight excluding hydrogens is 464 g/mol. The van der Waals surface area contributed by atoms with Gasteiger partial charge >= 0.3 is 0 Å². The van der Waals surface area contributed by atoms with Gasteiger partial charge in [0.05, 0.1) is 12.2 Å². The second-order valence-corrected chi connectivity index (χ2v) is 8.55. The molecule has 2 aromatic carbocycles. The molecule has 0 amide bonds. The van der Waals surface area contributed by atoms with Crippen molar-refractivity contribution >= 4 is 24.1 Å². The first-order valence-corrected chi connectivity index (χ1v) is 11.5. The highest BCUT2D eigenvalue weighted by atomic mass is 19.2. The Balaban J connectivity index is 1.60. The summed E-state index contributed by atoms with van der Waals surface area (Å²) in [6, 6.07) is 14.0. The quantitative estimate of drug-likeness (QED) is 0.213. The van der Waals surface area contributed by atoms with Crippen LogP contribution in [0.25, 0.3) is 11.1 Å². The first kappa shape index (κ1) is 25.2. The third-order valence-electron chi connectivity index (χ3n) is 6.31. The minimum Gasteiger partial charge on any atom is -0.383 e. The largest absolute Gasteiger partial charge is 0.383 e. The van der Waals surface area contributed by atoms with Crippen molar-refractivity contribution in [1.29, 1.82) is 0 Å². The summed E-state index contributed by atoms with van der Waals surface area (Å²) in [5, 5.41) is 8.54. The van der Waals surface area contributed by atoms with E-state index in [-0.39, 0.29) is 17.3 Å². The molecule has 1 aliphatic heterocycles. The average Bonchev–Trinajstić information content (AvgIpc) is 3.32. The van der Waals surface area contributed by atoms with Gasteiger partial charge in [-0.15, -0.1) is 0 Å². The van der Waals surface area contributed by atoms with Crippen LogP contribution in [0, 0.1) is 11.6 Å². The van der Waals surface area contributed by atoms with E-state index >= 15 is 0 Å². The molecule has 36 heavy (non-hydrogen) atoms. The third kappa shape index (κ3) is 5.19. The molecule has 0 bridgehead atoms. The molecule has 0 radical (unpaired) electrons. The number of amidine groups is 1. The van der Waals surface area contributed by atoms with E-state index in [1.54, 1.807) is 19.4 Å². The van der Waals surface area contributed by atoms with Crippen LogP contribution in [0.15, 0.2) is 64.9 Å². The summed E-state index contributed by atoms with van der Waals surface area (Å²) in [6.45, 7) is 6.10. The maximum Gasteiger partial charge on any atom is 0.184 e. The summed E-state index contributed by atoms with van der Waals surface area (Å²) in [6.07, 6.45) is 3.95. The lowest BCUT2D eigenvalue weighted by Crippen LogP contribution is -2.32. The molecule has 0 aliphatic carbocycles. The molecule has 8 nitrogen and oxygen atoms in total. The van der Waals surface area contributed by atoms with Crippen molar-refractivity contribution in [3.05, 3.63) is 77.5 Å². The van der Waals surface area contributed by atoms with Crippen LogP contribution < -0.4 is 16.6 Å². The zero-order valence-corrected chi connectivity index (χ0v) is 20.1. The van der Waals surface area contributed by atoms with E-state index in [0.29, 0.717) is 11.6 Å². The number of aromatic nitrogens is 1. The topological polar surface area (TPSA) is 105 Å². The van der Waals surface area contributed by atoms with Crippen molar-refractivity contribution in [2.45, 2.75) is 25.4 Å². The van der Waals surface area contributed by atoms with Gasteiger partial charge in [0.25, 0.3) is 0 Å². The molecule has 1 fully saturated rings. The number of hydrazone groups is 2. The van der Waals surface area contributed by atoms with Gasteiger partial charge in [-0.05, 0) is 48.7 Å². The van der Waals surface area contributed by atoms with E-state index in [0.717, 1.165) is 48.3 Å². The lowest BCUT2D eigenvalue weighted by Gasteiger charge is -2.24. The van der Waals surface area contributed by atoms with Gasteiger partial charge in [0.1, 0.15) is 11.5 Å². The number of methoxy groups -OCH3 is 1. The van der Waals surface area contributed by atoms with Gasteiger partial charge in [0.2, 0.25) is 0 Å². The molecule has 2 heterocycles. The predicted octanol–water partition coefficient (Wildman–Crippen LogP) is 3.96. The number of nitrogen functional groups attached to an aromatic ring is 1. The van der Waals surface area contributed by atoms with Crippen molar-refractivity contribution in [1.82, 2.24) is 9.88 Å². The van der Waals surface area contributed by atoms with Gasteiger partial charge in [0.15, 0.2) is 17.5 Å². The van der Waals surface area contributed by atoms with E-state index in [4.69, 9.17) is 16.3 Å². The number of nitrogens with zero attached hydrogens (tertiary/aromatic N) is 5. The van der Waals surface area contributed by atoms with Crippen LogP contribution in [-0.4, -0.2) is 48.7 Å². The molecule has 1 aliphatic rings. The highest BCUT2D eigenvalue weighted by molar-refractivity contribution is 6.12. The second-order valence-electron chi connectivity index (χ2n) is 8.55. The molecule has 0 saturated carbocycles. The maximum absolute atomic E-state index is 14.5. The van der Waals surface area contributed by atoms with Crippen molar-refractivity contribution in [2.75, 3.05) is 31.0 Å². The first-order chi connectivity index (χ1) is 17.5. The molecule has 0 spiro atoms. The average molecular weight is 494 g/mol. The Kier molecular flexibility index (Phi) is 7.87. The number of hydrogen-bond donors (Lipinski definition) is 2. The number of hydrogen-bond acceptors (Lipinski definition) is 7. The van der Waals surface area contributed by atoms with E-state index in [1.807, 2.05) is 12.1 Å². The van der Waals surface area contributed by atoms with Gasteiger partial charge in [0, 0.05) is 38.2 Å². The number of anilines is 2. The smallest absolute Gasteiger partial charge is 0.184 e. The predicted molar refractivity (Wildman–Crippen MR) is 139 cm³/mol. The Morgan fingerprint density at radius 2 is 2.00 bits per heavy atom. The van der Waals surface area contributed by atoms with E-state index in [9.17, 15) is 8.78 Å². The van der Waals surface area contributed by atoms with Crippen LogP contribution >= 0.6 is 0 Å². The lowest BCUT2D eigenvalue weighted by molar-refractivity contribution is 0.112. The number of ether oxygens (including phenoxy) is 1. The zero-order valence-electron chi connectivity index (χ0n) is 20.1. The van der Waals surface area contributed by atoms with Crippen molar-refractivity contribution < 1.29 is 13.5 Å². The van der Waals surface area contributed by atoms with Crippen molar-refractivity contribution in [2.24, 2.45) is 16.0 Å². The molecule has 0 unspecified atom stereocenters. The fourth-order valence-corrected chi connectivity index (χ4v) is 4.49. The minimum atomic E-state index is -1.12.